The molecule has 1 N–H and O–H groups in total. The average Bonchev–Trinajstić information content (AvgIpc) is 3.23. The third-order valence-electron chi connectivity index (χ3n) is 6.32. The second kappa shape index (κ2) is 6.27. The molecule has 4 rings (SSSR count). The van der Waals surface area contributed by atoms with Gasteiger partial charge in [-0.15, -0.1) is 0 Å². The van der Waals surface area contributed by atoms with E-state index in [9.17, 15) is 4.79 Å². The molecule has 3 fully saturated rings. The van der Waals surface area contributed by atoms with E-state index in [2.05, 4.69) is 34.5 Å². The number of piperidine rings is 1. The summed E-state index contributed by atoms with van der Waals surface area (Å²) in [6.45, 7) is 3.94. The Morgan fingerprint density at radius 2 is 1.91 bits per heavy atom. The molecule has 3 heteroatoms. The molecule has 23 heavy (non-hydrogen) atoms. The fourth-order valence-corrected chi connectivity index (χ4v) is 4.42. The normalized spacial score (nSPS) is 25.8. The number of rotatable bonds is 5. The molecule has 1 unspecified atom stereocenters. The number of nitrogens with one attached hydrogen (secondary N) is 1. The van der Waals surface area contributed by atoms with Crippen molar-refractivity contribution in [1.82, 2.24) is 10.2 Å². The first-order valence-electron chi connectivity index (χ1n) is 9.30. The fourth-order valence-electron chi connectivity index (χ4n) is 4.42. The van der Waals surface area contributed by atoms with Crippen molar-refractivity contribution in [3.8, 4) is 0 Å². The lowest BCUT2D eigenvalue weighted by Crippen LogP contribution is -2.40. The average molecular weight is 312 g/mol. The van der Waals surface area contributed by atoms with Crippen molar-refractivity contribution in [2.75, 3.05) is 19.6 Å². The van der Waals surface area contributed by atoms with Crippen LogP contribution in [-0.2, 0) is 11.3 Å². The molecule has 0 bridgehead atoms. The number of carbonyl (C=O) groups is 1. The van der Waals surface area contributed by atoms with E-state index in [1.54, 1.807) is 0 Å². The van der Waals surface area contributed by atoms with Crippen LogP contribution < -0.4 is 5.32 Å². The van der Waals surface area contributed by atoms with Crippen molar-refractivity contribution in [2.45, 2.75) is 45.1 Å². The molecule has 1 heterocycles. The maximum absolute atomic E-state index is 13.2. The highest BCUT2D eigenvalue weighted by molar-refractivity contribution is 5.82. The topological polar surface area (TPSA) is 32.3 Å². The molecule has 0 aromatic heterocycles. The smallest absolute Gasteiger partial charge is 0.226 e. The number of hydrogen-bond acceptors (Lipinski definition) is 2. The Kier molecular flexibility index (Phi) is 4.14. The van der Waals surface area contributed by atoms with Crippen LogP contribution in [0.25, 0.3) is 0 Å². The van der Waals surface area contributed by atoms with Gasteiger partial charge in [-0.3, -0.25) is 4.79 Å². The lowest BCUT2D eigenvalue weighted by Gasteiger charge is -2.33. The van der Waals surface area contributed by atoms with Crippen LogP contribution in [0, 0.1) is 17.3 Å². The molecule has 2 aliphatic carbocycles. The minimum Gasteiger partial charge on any atom is -0.338 e. The lowest BCUT2D eigenvalue weighted by molar-refractivity contribution is -0.135. The minimum absolute atomic E-state index is 0.299. The molecule has 0 radical (unpaired) electrons. The molecule has 1 spiro atoms. The monoisotopic (exact) mass is 312 g/mol. The summed E-state index contributed by atoms with van der Waals surface area (Å²) in [7, 11) is 0. The van der Waals surface area contributed by atoms with Crippen LogP contribution in [0.2, 0.25) is 0 Å². The van der Waals surface area contributed by atoms with Crippen molar-refractivity contribution < 1.29 is 4.79 Å². The zero-order chi connectivity index (χ0) is 15.7. The van der Waals surface area contributed by atoms with E-state index in [0.717, 1.165) is 38.5 Å². The van der Waals surface area contributed by atoms with E-state index in [0.29, 0.717) is 17.2 Å². The maximum Gasteiger partial charge on any atom is 0.226 e. The molecule has 1 amide bonds. The molecule has 1 aromatic carbocycles. The van der Waals surface area contributed by atoms with Crippen LogP contribution in [0.5, 0.6) is 0 Å². The molecule has 1 aliphatic heterocycles. The van der Waals surface area contributed by atoms with Gasteiger partial charge in [-0.05, 0) is 62.1 Å². The SMILES string of the molecule is O=C(C1CC12CCNCC2)N(Cc1ccccc1)CC1CCC1. The Morgan fingerprint density at radius 3 is 2.57 bits per heavy atom. The van der Waals surface area contributed by atoms with Gasteiger partial charge < -0.3 is 10.2 Å². The second-order valence-electron chi connectivity index (χ2n) is 7.87. The summed E-state index contributed by atoms with van der Waals surface area (Å²) in [6.07, 6.45) is 7.45. The number of hydrogen-bond donors (Lipinski definition) is 1. The van der Waals surface area contributed by atoms with Gasteiger partial charge in [0.05, 0.1) is 0 Å². The first-order valence-corrected chi connectivity index (χ1v) is 9.30. The van der Waals surface area contributed by atoms with E-state index in [1.807, 2.05) is 6.07 Å². The van der Waals surface area contributed by atoms with E-state index in [-0.39, 0.29) is 0 Å². The van der Waals surface area contributed by atoms with Crippen LogP contribution >= 0.6 is 0 Å². The largest absolute Gasteiger partial charge is 0.338 e. The molecule has 2 saturated carbocycles. The van der Waals surface area contributed by atoms with Gasteiger partial charge in [0.25, 0.3) is 0 Å². The molecule has 3 aliphatic rings. The van der Waals surface area contributed by atoms with Crippen molar-refractivity contribution in [3.63, 3.8) is 0 Å². The summed E-state index contributed by atoms with van der Waals surface area (Å²) in [6, 6.07) is 10.5. The quantitative estimate of drug-likeness (QED) is 0.905. The fraction of sp³-hybridized carbons (Fsp3) is 0.650. The van der Waals surface area contributed by atoms with Crippen molar-refractivity contribution in [3.05, 3.63) is 35.9 Å². The van der Waals surface area contributed by atoms with Crippen LogP contribution in [0.15, 0.2) is 30.3 Å². The lowest BCUT2D eigenvalue weighted by atomic mass is 9.84. The van der Waals surface area contributed by atoms with E-state index in [4.69, 9.17) is 0 Å². The van der Waals surface area contributed by atoms with Gasteiger partial charge in [0.2, 0.25) is 5.91 Å². The summed E-state index contributed by atoms with van der Waals surface area (Å²) >= 11 is 0. The van der Waals surface area contributed by atoms with Gasteiger partial charge in [0, 0.05) is 19.0 Å². The molecule has 3 nitrogen and oxygen atoms in total. The minimum atomic E-state index is 0.299. The molecule has 124 valence electrons. The highest BCUT2D eigenvalue weighted by Crippen LogP contribution is 2.59. The van der Waals surface area contributed by atoms with Crippen LogP contribution in [0.1, 0.15) is 44.1 Å². The molecular weight excluding hydrogens is 284 g/mol. The van der Waals surface area contributed by atoms with Crippen molar-refractivity contribution in [1.29, 1.82) is 0 Å². The van der Waals surface area contributed by atoms with Gasteiger partial charge >= 0.3 is 0 Å². The van der Waals surface area contributed by atoms with Gasteiger partial charge in [0.15, 0.2) is 0 Å². The summed E-state index contributed by atoms with van der Waals surface area (Å²) in [4.78, 5) is 15.3. The Morgan fingerprint density at radius 1 is 1.17 bits per heavy atom. The van der Waals surface area contributed by atoms with Crippen LogP contribution in [0.3, 0.4) is 0 Å². The van der Waals surface area contributed by atoms with Crippen molar-refractivity contribution >= 4 is 5.91 Å². The Labute approximate surface area is 139 Å². The standard InChI is InChI=1S/C20H28N2O/c23-19(18-13-20(18)9-11-21-12-10-20)22(15-17-7-4-8-17)14-16-5-2-1-3-6-16/h1-3,5-6,17-18,21H,4,7-15H2. The summed E-state index contributed by atoms with van der Waals surface area (Å²) < 4.78 is 0. The summed E-state index contributed by atoms with van der Waals surface area (Å²) in [5.74, 6) is 1.47. The van der Waals surface area contributed by atoms with E-state index >= 15 is 0 Å². The van der Waals surface area contributed by atoms with Gasteiger partial charge in [0.1, 0.15) is 0 Å². The van der Waals surface area contributed by atoms with Crippen LogP contribution in [-0.4, -0.2) is 30.4 Å². The maximum atomic E-state index is 13.2. The van der Waals surface area contributed by atoms with E-state index in [1.165, 1.54) is 37.7 Å². The first kappa shape index (κ1) is 15.2. The Bertz CT molecular complexity index is 546. The number of amides is 1. The van der Waals surface area contributed by atoms with Gasteiger partial charge in [-0.2, -0.15) is 0 Å². The molecular formula is C20H28N2O. The third-order valence-corrected chi connectivity index (χ3v) is 6.32. The van der Waals surface area contributed by atoms with E-state index < -0.39 is 0 Å². The Hall–Kier alpha value is -1.35. The number of nitrogens with zero attached hydrogens (tertiary/aromatic N) is 1. The highest BCUT2D eigenvalue weighted by Gasteiger charge is 2.58. The van der Waals surface area contributed by atoms with Gasteiger partial charge in [-0.25, -0.2) is 0 Å². The number of carbonyl (C=O) groups excluding carboxylic acids is 1. The first-order chi connectivity index (χ1) is 11.3. The van der Waals surface area contributed by atoms with Gasteiger partial charge in [-0.1, -0.05) is 36.8 Å². The molecule has 1 aromatic rings. The predicted molar refractivity (Wildman–Crippen MR) is 91.8 cm³/mol. The van der Waals surface area contributed by atoms with Crippen molar-refractivity contribution in [2.24, 2.45) is 17.3 Å². The molecule has 1 atom stereocenters. The zero-order valence-corrected chi connectivity index (χ0v) is 14.0. The summed E-state index contributed by atoms with van der Waals surface area (Å²) in [5, 5.41) is 3.43. The number of benzene rings is 1. The third kappa shape index (κ3) is 3.16. The molecule has 1 saturated heterocycles. The predicted octanol–water partition coefficient (Wildman–Crippen LogP) is 3.21. The second-order valence-corrected chi connectivity index (χ2v) is 7.87. The Balaban J connectivity index is 1.44. The van der Waals surface area contributed by atoms with Crippen LogP contribution in [0.4, 0.5) is 0 Å². The highest BCUT2D eigenvalue weighted by atomic mass is 16.2. The zero-order valence-electron chi connectivity index (χ0n) is 14.0. The summed E-state index contributed by atoms with van der Waals surface area (Å²) in [5.41, 5.74) is 1.61.